The molecule has 5 heteroatoms. The third kappa shape index (κ3) is 5.21. The highest BCUT2D eigenvalue weighted by atomic mass is 35.5. The molecule has 20 heavy (non-hydrogen) atoms. The lowest BCUT2D eigenvalue weighted by Gasteiger charge is -2.23. The van der Waals surface area contributed by atoms with E-state index < -0.39 is 5.97 Å². The first-order valence-corrected chi connectivity index (χ1v) is 7.05. The van der Waals surface area contributed by atoms with E-state index in [0.717, 1.165) is 6.42 Å². The lowest BCUT2D eigenvalue weighted by molar-refractivity contribution is -0.137. The van der Waals surface area contributed by atoms with Crippen LogP contribution in [0.15, 0.2) is 24.3 Å². The van der Waals surface area contributed by atoms with Crippen molar-refractivity contribution in [3.63, 3.8) is 0 Å². The molecule has 0 aliphatic heterocycles. The van der Waals surface area contributed by atoms with Crippen LogP contribution in [0.25, 0.3) is 0 Å². The minimum atomic E-state index is -0.911. The minimum absolute atomic E-state index is 0.0612. The number of aliphatic carboxylic acids is 1. The summed E-state index contributed by atoms with van der Waals surface area (Å²) in [6, 6.07) is 6.83. The van der Waals surface area contributed by atoms with Gasteiger partial charge in [0.25, 0.3) is 5.91 Å². The zero-order valence-corrected chi connectivity index (χ0v) is 12.6. The van der Waals surface area contributed by atoms with E-state index in [-0.39, 0.29) is 18.9 Å². The van der Waals surface area contributed by atoms with Gasteiger partial charge >= 0.3 is 5.97 Å². The van der Waals surface area contributed by atoms with Gasteiger partial charge < -0.3 is 10.0 Å². The maximum absolute atomic E-state index is 12.4. The van der Waals surface area contributed by atoms with Crippen molar-refractivity contribution < 1.29 is 14.7 Å². The largest absolute Gasteiger partial charge is 0.481 e. The summed E-state index contributed by atoms with van der Waals surface area (Å²) in [4.78, 5) is 24.7. The summed E-state index contributed by atoms with van der Waals surface area (Å²) in [7, 11) is 0. The molecule has 1 rings (SSSR count). The van der Waals surface area contributed by atoms with Crippen molar-refractivity contribution in [2.45, 2.75) is 26.7 Å². The Morgan fingerprint density at radius 1 is 1.25 bits per heavy atom. The van der Waals surface area contributed by atoms with Crippen molar-refractivity contribution in [1.82, 2.24) is 4.90 Å². The Balaban J connectivity index is 2.82. The Bertz CT molecular complexity index is 474. The highest BCUT2D eigenvalue weighted by Gasteiger charge is 2.19. The zero-order valence-electron chi connectivity index (χ0n) is 11.8. The predicted molar refractivity (Wildman–Crippen MR) is 79.1 cm³/mol. The second kappa shape index (κ2) is 7.90. The van der Waals surface area contributed by atoms with Crippen LogP contribution in [0, 0.1) is 5.92 Å². The molecule has 110 valence electrons. The second-order valence-electron chi connectivity index (χ2n) is 5.10. The molecule has 0 aliphatic carbocycles. The zero-order chi connectivity index (χ0) is 15.1. The van der Waals surface area contributed by atoms with Crippen molar-refractivity contribution in [3.05, 3.63) is 34.9 Å². The number of carbonyl (C=O) groups excluding carboxylic acids is 1. The molecule has 0 fully saturated rings. The van der Waals surface area contributed by atoms with Gasteiger partial charge in [-0.15, -0.1) is 0 Å². The Kier molecular flexibility index (Phi) is 6.52. The van der Waals surface area contributed by atoms with E-state index >= 15 is 0 Å². The van der Waals surface area contributed by atoms with Crippen molar-refractivity contribution in [3.8, 4) is 0 Å². The van der Waals surface area contributed by atoms with E-state index in [9.17, 15) is 9.59 Å². The summed E-state index contributed by atoms with van der Waals surface area (Å²) in [5.74, 6) is -0.676. The van der Waals surface area contributed by atoms with Gasteiger partial charge in [0.15, 0.2) is 0 Å². The van der Waals surface area contributed by atoms with Gasteiger partial charge in [-0.05, 0) is 24.5 Å². The first kappa shape index (κ1) is 16.5. The maximum Gasteiger partial charge on any atom is 0.305 e. The number of hydrogen-bond donors (Lipinski definition) is 1. The van der Waals surface area contributed by atoms with Crippen molar-refractivity contribution >= 4 is 23.5 Å². The maximum atomic E-state index is 12.4. The average molecular weight is 298 g/mol. The van der Waals surface area contributed by atoms with Crippen molar-refractivity contribution in [1.29, 1.82) is 0 Å². The van der Waals surface area contributed by atoms with E-state index in [1.165, 1.54) is 0 Å². The molecule has 1 aromatic rings. The molecule has 0 aliphatic rings. The molecule has 1 aromatic carbocycles. The first-order chi connectivity index (χ1) is 9.41. The van der Waals surface area contributed by atoms with Crippen LogP contribution >= 0.6 is 11.6 Å². The number of carboxylic acid groups (broad SMARTS) is 1. The molecule has 0 bridgehead atoms. The van der Waals surface area contributed by atoms with Crippen molar-refractivity contribution in [2.24, 2.45) is 5.92 Å². The standard InChI is InChI=1S/C15H20ClNO3/c1-11(2)7-9-17(10-8-14(18)19)15(20)12-5-3-4-6-13(12)16/h3-6,11H,7-10H2,1-2H3,(H,18,19). The molecule has 0 saturated carbocycles. The Hall–Kier alpha value is -1.55. The second-order valence-corrected chi connectivity index (χ2v) is 5.51. The number of amides is 1. The van der Waals surface area contributed by atoms with Crippen LogP contribution in [0.1, 0.15) is 37.0 Å². The molecule has 0 aromatic heterocycles. The summed E-state index contributed by atoms with van der Waals surface area (Å²) in [6.07, 6.45) is 0.768. The van der Waals surface area contributed by atoms with Crippen LogP contribution in [0.4, 0.5) is 0 Å². The van der Waals surface area contributed by atoms with Crippen LogP contribution in [0.2, 0.25) is 5.02 Å². The van der Waals surface area contributed by atoms with Crippen LogP contribution in [0.5, 0.6) is 0 Å². The van der Waals surface area contributed by atoms with Crippen LogP contribution in [0.3, 0.4) is 0 Å². The lowest BCUT2D eigenvalue weighted by Crippen LogP contribution is -2.34. The van der Waals surface area contributed by atoms with E-state index in [2.05, 4.69) is 13.8 Å². The smallest absolute Gasteiger partial charge is 0.305 e. The topological polar surface area (TPSA) is 57.6 Å². The van der Waals surface area contributed by atoms with Gasteiger partial charge in [-0.2, -0.15) is 0 Å². The highest BCUT2D eigenvalue weighted by Crippen LogP contribution is 2.18. The number of benzene rings is 1. The Labute approximate surface area is 124 Å². The normalized spacial score (nSPS) is 10.6. The fraction of sp³-hybridized carbons (Fsp3) is 0.467. The molecule has 1 amide bonds. The van der Waals surface area contributed by atoms with Crippen LogP contribution < -0.4 is 0 Å². The van der Waals surface area contributed by atoms with Gasteiger partial charge in [-0.25, -0.2) is 0 Å². The number of halogens is 1. The summed E-state index contributed by atoms with van der Waals surface area (Å²) < 4.78 is 0. The molecule has 1 N–H and O–H groups in total. The Morgan fingerprint density at radius 3 is 2.45 bits per heavy atom. The van der Waals surface area contributed by atoms with Gasteiger partial charge in [0.1, 0.15) is 0 Å². The molecule has 0 spiro atoms. The lowest BCUT2D eigenvalue weighted by atomic mass is 10.1. The van der Waals surface area contributed by atoms with E-state index in [1.54, 1.807) is 29.2 Å². The van der Waals surface area contributed by atoms with Gasteiger partial charge in [-0.1, -0.05) is 37.6 Å². The Morgan fingerprint density at radius 2 is 1.90 bits per heavy atom. The fourth-order valence-corrected chi connectivity index (χ4v) is 1.98. The molecule has 0 unspecified atom stereocenters. The van der Waals surface area contributed by atoms with Crippen LogP contribution in [-0.2, 0) is 4.79 Å². The van der Waals surface area contributed by atoms with Crippen molar-refractivity contribution in [2.75, 3.05) is 13.1 Å². The molecule has 4 nitrogen and oxygen atoms in total. The summed E-state index contributed by atoms with van der Waals surface area (Å²) in [6.45, 7) is 4.87. The number of carbonyl (C=O) groups is 2. The average Bonchev–Trinajstić information content (AvgIpc) is 2.38. The van der Waals surface area contributed by atoms with E-state index in [0.29, 0.717) is 23.0 Å². The number of nitrogens with zero attached hydrogens (tertiary/aromatic N) is 1. The van der Waals surface area contributed by atoms with E-state index in [1.807, 2.05) is 0 Å². The van der Waals surface area contributed by atoms with Gasteiger partial charge in [-0.3, -0.25) is 9.59 Å². The van der Waals surface area contributed by atoms with E-state index in [4.69, 9.17) is 16.7 Å². The molecule has 0 radical (unpaired) electrons. The minimum Gasteiger partial charge on any atom is -0.481 e. The summed E-state index contributed by atoms with van der Waals surface area (Å²) in [5.41, 5.74) is 0.420. The third-order valence-corrected chi connectivity index (χ3v) is 3.29. The number of carboxylic acids is 1. The SMILES string of the molecule is CC(C)CCN(CCC(=O)O)C(=O)c1ccccc1Cl. The first-order valence-electron chi connectivity index (χ1n) is 6.67. The highest BCUT2D eigenvalue weighted by molar-refractivity contribution is 6.33. The predicted octanol–water partition coefficient (Wildman–Crippen LogP) is 3.30. The summed E-state index contributed by atoms with van der Waals surface area (Å²) >= 11 is 6.02. The molecular weight excluding hydrogens is 278 g/mol. The summed E-state index contributed by atoms with van der Waals surface area (Å²) in [5, 5.41) is 9.17. The fourth-order valence-electron chi connectivity index (χ4n) is 1.76. The van der Waals surface area contributed by atoms with Gasteiger partial charge in [0, 0.05) is 13.1 Å². The monoisotopic (exact) mass is 297 g/mol. The van der Waals surface area contributed by atoms with Crippen LogP contribution in [-0.4, -0.2) is 35.0 Å². The molecule has 0 saturated heterocycles. The quantitative estimate of drug-likeness (QED) is 0.840. The van der Waals surface area contributed by atoms with Gasteiger partial charge in [0.05, 0.1) is 17.0 Å². The van der Waals surface area contributed by atoms with Gasteiger partial charge in [0.2, 0.25) is 0 Å². The number of hydrogen-bond acceptors (Lipinski definition) is 2. The number of rotatable bonds is 7. The molecular formula is C15H20ClNO3. The molecule has 0 atom stereocenters. The molecule has 0 heterocycles. The third-order valence-electron chi connectivity index (χ3n) is 2.96.